The summed E-state index contributed by atoms with van der Waals surface area (Å²) >= 11 is -1.34. The summed E-state index contributed by atoms with van der Waals surface area (Å²) < 4.78 is 1.79. The van der Waals surface area contributed by atoms with Gasteiger partial charge in [-0.1, -0.05) is 0 Å². The van der Waals surface area contributed by atoms with Crippen molar-refractivity contribution in [3.05, 3.63) is 47.6 Å². The number of rotatable bonds is 3. The molecule has 0 aromatic rings. The first kappa shape index (κ1) is 18.6. The van der Waals surface area contributed by atoms with E-state index in [0.29, 0.717) is 0 Å². The number of allylic oxidation sites excluding steroid dienone is 8. The van der Waals surface area contributed by atoms with E-state index in [1.54, 1.807) is 11.1 Å². The molecule has 18 heavy (non-hydrogen) atoms. The maximum atomic E-state index is 2.58. The molecule has 0 saturated carbocycles. The first-order valence-electron chi connectivity index (χ1n) is 6.18. The molecule has 0 fully saturated rings. The van der Waals surface area contributed by atoms with Crippen LogP contribution in [0.2, 0.25) is 20.3 Å². The molecule has 0 nitrogen and oxygen atoms in total. The Kier molecular flexibility index (Phi) is 8.33. The Bertz CT molecular complexity index is 363. The fourth-order valence-electron chi connectivity index (χ4n) is 2.81. The van der Waals surface area contributed by atoms with Crippen LogP contribution in [0.3, 0.4) is 0 Å². The Morgan fingerprint density at radius 2 is 1.28 bits per heavy atom. The van der Waals surface area contributed by atoms with Crippen LogP contribution in [0.15, 0.2) is 47.6 Å². The van der Waals surface area contributed by atoms with Gasteiger partial charge < -0.3 is 24.8 Å². The third kappa shape index (κ3) is 3.82. The van der Waals surface area contributed by atoms with Gasteiger partial charge in [-0.2, -0.15) is 0 Å². The van der Waals surface area contributed by atoms with E-state index in [2.05, 4.69) is 63.4 Å². The Labute approximate surface area is 132 Å². The van der Waals surface area contributed by atoms with Gasteiger partial charge in [-0.3, -0.25) is 0 Å². The molecule has 0 aromatic carbocycles. The van der Waals surface area contributed by atoms with Gasteiger partial charge in [0.15, 0.2) is 0 Å². The standard InChI is InChI=1S/2C6H7.C2H7Si.2ClH.Zr/c2*1-6-4-2-3-5-6;1-3-2;;;/h2*2-5H,1H3;3H,1-2H3;2*1H;/q;;;;;+2/p-2. The Hall–Kier alpha value is 0.640. The fraction of sp³-hybridized carbons (Fsp3) is 0.429. The van der Waals surface area contributed by atoms with Crippen LogP contribution in [0.1, 0.15) is 13.8 Å². The van der Waals surface area contributed by atoms with E-state index in [1.807, 2.05) is 0 Å². The minimum Gasteiger partial charge on any atom is -1.00 e. The van der Waals surface area contributed by atoms with Crippen molar-refractivity contribution in [3.8, 4) is 0 Å². The van der Waals surface area contributed by atoms with E-state index in [-0.39, 0.29) is 24.8 Å². The molecule has 2 atom stereocenters. The maximum Gasteiger partial charge on any atom is -1.00 e. The monoisotopic (exact) mass is 377 g/mol. The van der Waals surface area contributed by atoms with Crippen LogP contribution >= 0.6 is 0 Å². The van der Waals surface area contributed by atoms with Crippen LogP contribution in [-0.2, 0) is 20.9 Å². The van der Waals surface area contributed by atoms with E-state index in [1.165, 1.54) is 0 Å². The molecule has 2 aliphatic rings. The van der Waals surface area contributed by atoms with Gasteiger partial charge in [0.05, 0.1) is 0 Å². The third-order valence-corrected chi connectivity index (χ3v) is 25.8. The molecular weight excluding hydrogens is 358 g/mol. The van der Waals surface area contributed by atoms with Crippen LogP contribution in [0.4, 0.5) is 0 Å². The second kappa shape index (κ2) is 8.04. The SMILES string of the molecule is CC1=CC=C[CH]1[Zr+2]([CH]1C=CC=C1C)[SiH](C)C.[Cl-].[Cl-]. The van der Waals surface area contributed by atoms with Gasteiger partial charge in [0.25, 0.3) is 0 Å². The Morgan fingerprint density at radius 3 is 1.50 bits per heavy atom. The summed E-state index contributed by atoms with van der Waals surface area (Å²) in [5, 5.41) is 0. The summed E-state index contributed by atoms with van der Waals surface area (Å²) in [4.78, 5) is 0. The van der Waals surface area contributed by atoms with Crippen LogP contribution in [0, 0.1) is 0 Å². The van der Waals surface area contributed by atoms with Crippen molar-refractivity contribution in [1.82, 2.24) is 0 Å². The van der Waals surface area contributed by atoms with Crippen molar-refractivity contribution in [2.75, 3.05) is 0 Å². The number of halogens is 2. The summed E-state index contributed by atoms with van der Waals surface area (Å²) in [6.07, 6.45) is 14.2. The van der Waals surface area contributed by atoms with E-state index in [4.69, 9.17) is 0 Å². The molecule has 2 rings (SSSR count). The van der Waals surface area contributed by atoms with E-state index in [0.717, 1.165) is 7.25 Å². The zero-order valence-corrected chi connectivity index (χ0v) is 16.6. The van der Waals surface area contributed by atoms with Crippen LogP contribution in [0.5, 0.6) is 0 Å². The molecule has 0 amide bonds. The van der Waals surface area contributed by atoms with Crippen molar-refractivity contribution in [2.45, 2.75) is 34.2 Å². The Morgan fingerprint density at radius 1 is 0.889 bits per heavy atom. The summed E-state index contributed by atoms with van der Waals surface area (Å²) in [6, 6.07) is 0. The zero-order chi connectivity index (χ0) is 11.7. The first-order valence-corrected chi connectivity index (χ1v) is 16.2. The molecular formula is C14H21Cl2SiZr. The van der Waals surface area contributed by atoms with Gasteiger partial charge in [-0.25, -0.2) is 0 Å². The van der Waals surface area contributed by atoms with Crippen molar-refractivity contribution < 1.29 is 45.7 Å². The minimum atomic E-state index is -1.34. The van der Waals surface area contributed by atoms with E-state index < -0.39 is 26.8 Å². The van der Waals surface area contributed by atoms with Gasteiger partial charge in [-0.15, -0.1) is 0 Å². The second-order valence-electron chi connectivity index (χ2n) is 5.20. The smallest absolute Gasteiger partial charge is 1.00 e. The van der Waals surface area contributed by atoms with Crippen LogP contribution < -0.4 is 24.8 Å². The van der Waals surface area contributed by atoms with Gasteiger partial charge in [0.2, 0.25) is 0 Å². The molecule has 0 bridgehead atoms. The van der Waals surface area contributed by atoms with Crippen LogP contribution in [-0.4, -0.2) is 5.92 Å². The molecule has 0 aromatic heterocycles. The maximum absolute atomic E-state index is 2.58. The number of hydrogen-bond donors (Lipinski definition) is 0. The van der Waals surface area contributed by atoms with E-state index >= 15 is 0 Å². The summed E-state index contributed by atoms with van der Waals surface area (Å²) in [5.41, 5.74) is 3.28. The molecule has 0 saturated heterocycles. The zero-order valence-electron chi connectivity index (χ0n) is 11.5. The summed E-state index contributed by atoms with van der Waals surface area (Å²) in [5.74, 6) is -0.456. The van der Waals surface area contributed by atoms with Gasteiger partial charge in [0.1, 0.15) is 0 Å². The minimum absolute atomic E-state index is 0. The molecule has 0 aliphatic heterocycles. The normalized spacial score (nSPS) is 24.5. The van der Waals surface area contributed by atoms with Crippen LogP contribution in [0.25, 0.3) is 0 Å². The summed E-state index contributed by atoms with van der Waals surface area (Å²) in [7, 11) is 0. The molecule has 2 unspecified atom stereocenters. The molecule has 4 heteroatoms. The predicted molar refractivity (Wildman–Crippen MR) is 72.2 cm³/mol. The molecule has 0 radical (unpaired) electrons. The number of hydrogen-bond acceptors (Lipinski definition) is 0. The van der Waals surface area contributed by atoms with Crippen molar-refractivity contribution in [2.24, 2.45) is 0 Å². The van der Waals surface area contributed by atoms with Crippen molar-refractivity contribution in [1.29, 1.82) is 0 Å². The fourth-order valence-corrected chi connectivity index (χ4v) is 24.9. The largest absolute Gasteiger partial charge is 1.00 e. The first-order chi connectivity index (χ1) is 7.61. The molecule has 99 valence electrons. The third-order valence-electron chi connectivity index (χ3n) is 3.69. The quantitative estimate of drug-likeness (QED) is 0.508. The Balaban J connectivity index is 0.00000144. The van der Waals surface area contributed by atoms with Gasteiger partial charge in [-0.05, 0) is 0 Å². The molecule has 0 N–H and O–H groups in total. The van der Waals surface area contributed by atoms with Gasteiger partial charge in [0, 0.05) is 0 Å². The molecule has 0 heterocycles. The van der Waals surface area contributed by atoms with E-state index in [9.17, 15) is 0 Å². The van der Waals surface area contributed by atoms with Crippen molar-refractivity contribution >= 4 is 5.92 Å². The summed E-state index contributed by atoms with van der Waals surface area (Å²) in [6.45, 7) is 9.82. The molecule has 2 aliphatic carbocycles. The topological polar surface area (TPSA) is 0 Å². The average molecular weight is 380 g/mol. The second-order valence-corrected chi connectivity index (χ2v) is 25.5. The average Bonchev–Trinajstić information content (AvgIpc) is 2.79. The van der Waals surface area contributed by atoms with Gasteiger partial charge >= 0.3 is 109 Å². The predicted octanol–water partition coefficient (Wildman–Crippen LogP) is -1.79. The molecule has 0 spiro atoms. The van der Waals surface area contributed by atoms with Crippen molar-refractivity contribution in [3.63, 3.8) is 0 Å².